The highest BCUT2D eigenvalue weighted by Gasteiger charge is 2.44. The molecule has 0 fully saturated rings. The van der Waals surface area contributed by atoms with Crippen LogP contribution in [0.15, 0.2) is 18.2 Å². The monoisotopic (exact) mass is 399 g/mol. The number of aryl methyl sites for hydroxylation is 1. The van der Waals surface area contributed by atoms with Crippen molar-refractivity contribution < 1.29 is 36.2 Å². The fraction of sp³-hybridized carbons (Fsp3) is 0.611. The highest BCUT2D eigenvalue weighted by molar-refractivity contribution is 5.70. The zero-order chi connectivity index (χ0) is 20.8. The number of carbonyl (C=O) groups is 1. The lowest BCUT2D eigenvalue weighted by Crippen LogP contribution is -2.25. The van der Waals surface area contributed by atoms with Crippen molar-refractivity contribution in [3.05, 3.63) is 34.9 Å². The van der Waals surface area contributed by atoms with E-state index in [9.17, 15) is 31.1 Å². The van der Waals surface area contributed by atoms with Gasteiger partial charge >= 0.3 is 18.3 Å². The van der Waals surface area contributed by atoms with E-state index in [4.69, 9.17) is 10.8 Å². The summed E-state index contributed by atoms with van der Waals surface area (Å²) in [4.78, 5) is 11.1. The van der Waals surface area contributed by atoms with Gasteiger partial charge in [-0.2, -0.15) is 26.3 Å². The summed E-state index contributed by atoms with van der Waals surface area (Å²) >= 11 is 0. The van der Waals surface area contributed by atoms with E-state index < -0.39 is 40.9 Å². The van der Waals surface area contributed by atoms with Gasteiger partial charge < -0.3 is 10.8 Å². The van der Waals surface area contributed by atoms with E-state index in [1.165, 1.54) is 0 Å². The first kappa shape index (κ1) is 23.3. The van der Waals surface area contributed by atoms with Gasteiger partial charge in [0.15, 0.2) is 0 Å². The predicted octanol–water partition coefficient (Wildman–Crippen LogP) is 5.12. The van der Waals surface area contributed by atoms with Gasteiger partial charge in [0, 0.05) is 6.54 Å². The highest BCUT2D eigenvalue weighted by Crippen LogP contribution is 2.42. The van der Waals surface area contributed by atoms with Crippen molar-refractivity contribution in [1.29, 1.82) is 0 Å². The first-order valence-electron chi connectivity index (χ1n) is 8.60. The van der Waals surface area contributed by atoms with Crippen LogP contribution in [0, 0.1) is 11.8 Å². The Morgan fingerprint density at radius 3 is 2.22 bits per heavy atom. The molecule has 0 amide bonds. The number of alkyl halides is 6. The molecule has 0 spiro atoms. The molecule has 27 heavy (non-hydrogen) atoms. The van der Waals surface area contributed by atoms with Crippen LogP contribution in [0.1, 0.15) is 49.3 Å². The summed E-state index contributed by atoms with van der Waals surface area (Å²) < 4.78 is 78.5. The Kier molecular flexibility index (Phi) is 8.13. The second-order valence-electron chi connectivity index (χ2n) is 6.51. The molecule has 2 unspecified atom stereocenters. The minimum Gasteiger partial charge on any atom is -0.481 e. The number of hydrogen-bond acceptors (Lipinski definition) is 2. The Bertz CT molecular complexity index is 627. The van der Waals surface area contributed by atoms with Crippen LogP contribution in [-0.4, -0.2) is 17.6 Å². The summed E-state index contributed by atoms with van der Waals surface area (Å²) in [5, 5.41) is 9.04. The maximum absolute atomic E-state index is 13.2. The molecular formula is C18H23F6NO2. The number of benzene rings is 1. The van der Waals surface area contributed by atoms with E-state index in [2.05, 4.69) is 0 Å². The average molecular weight is 399 g/mol. The molecule has 3 N–H and O–H groups in total. The van der Waals surface area contributed by atoms with E-state index >= 15 is 0 Å². The summed E-state index contributed by atoms with van der Waals surface area (Å²) in [6, 6.07) is 2.46. The largest absolute Gasteiger partial charge is 0.481 e. The van der Waals surface area contributed by atoms with Crippen LogP contribution >= 0.6 is 0 Å². The first-order chi connectivity index (χ1) is 12.4. The van der Waals surface area contributed by atoms with Gasteiger partial charge in [-0.25, -0.2) is 0 Å². The number of carboxylic acids is 1. The van der Waals surface area contributed by atoms with Gasteiger partial charge in [-0.1, -0.05) is 31.9 Å². The topological polar surface area (TPSA) is 63.3 Å². The zero-order valence-corrected chi connectivity index (χ0v) is 14.8. The summed E-state index contributed by atoms with van der Waals surface area (Å²) in [7, 11) is 0. The Morgan fingerprint density at radius 2 is 1.78 bits per heavy atom. The van der Waals surface area contributed by atoms with E-state index in [0.29, 0.717) is 18.9 Å². The van der Waals surface area contributed by atoms with Crippen LogP contribution in [-0.2, 0) is 23.6 Å². The molecule has 1 aromatic rings. The lowest BCUT2D eigenvalue weighted by Gasteiger charge is -2.21. The van der Waals surface area contributed by atoms with Gasteiger partial charge in [-0.05, 0) is 36.8 Å². The number of hydrogen-bond donors (Lipinski definition) is 2. The normalized spacial score (nSPS) is 14.8. The van der Waals surface area contributed by atoms with Crippen LogP contribution in [0.3, 0.4) is 0 Å². The number of rotatable bonds is 9. The lowest BCUT2D eigenvalue weighted by molar-refractivity contribution is -0.162. The maximum atomic E-state index is 13.2. The van der Waals surface area contributed by atoms with E-state index in [0.717, 1.165) is 12.1 Å². The molecular weight excluding hydrogens is 376 g/mol. The first-order valence-corrected chi connectivity index (χ1v) is 8.60. The molecule has 0 aliphatic carbocycles. The number of nitrogens with two attached hydrogens (primary N) is 1. The molecule has 0 aliphatic heterocycles. The van der Waals surface area contributed by atoms with E-state index in [-0.39, 0.29) is 31.7 Å². The van der Waals surface area contributed by atoms with Gasteiger partial charge in [0.05, 0.1) is 17.0 Å². The summed E-state index contributed by atoms with van der Waals surface area (Å²) in [5.74, 6) is -1.85. The molecule has 0 aromatic heterocycles. The van der Waals surface area contributed by atoms with Gasteiger partial charge in [0.2, 0.25) is 0 Å². The Labute approximate surface area is 153 Å². The fourth-order valence-corrected chi connectivity index (χ4v) is 3.15. The molecule has 0 aliphatic rings. The quantitative estimate of drug-likeness (QED) is 0.567. The van der Waals surface area contributed by atoms with Crippen LogP contribution in [0.25, 0.3) is 0 Å². The molecule has 1 aromatic carbocycles. The smallest absolute Gasteiger partial charge is 0.417 e. The third-order valence-corrected chi connectivity index (χ3v) is 4.63. The molecule has 154 valence electrons. The van der Waals surface area contributed by atoms with Crippen molar-refractivity contribution in [3.63, 3.8) is 0 Å². The summed E-state index contributed by atoms with van der Waals surface area (Å²) in [6.07, 6.45) is -8.85. The number of aliphatic carboxylic acids is 1. The van der Waals surface area contributed by atoms with Crippen molar-refractivity contribution >= 4 is 5.97 Å². The van der Waals surface area contributed by atoms with Crippen LogP contribution in [0.4, 0.5) is 26.3 Å². The SMILES string of the molecule is CCC(CCCc1cccc(C(F)(F)F)c1C(F)(F)F)CC(CN)C(=O)O. The Morgan fingerprint density at radius 1 is 1.15 bits per heavy atom. The highest BCUT2D eigenvalue weighted by atomic mass is 19.4. The van der Waals surface area contributed by atoms with Crippen molar-refractivity contribution in [1.82, 2.24) is 0 Å². The molecule has 0 bridgehead atoms. The minimum absolute atomic E-state index is 0.0440. The number of halogens is 6. The second-order valence-corrected chi connectivity index (χ2v) is 6.51. The Hall–Kier alpha value is -1.77. The van der Waals surface area contributed by atoms with Crippen LogP contribution in [0.2, 0.25) is 0 Å². The molecule has 0 saturated heterocycles. The van der Waals surface area contributed by atoms with Crippen molar-refractivity contribution in [2.75, 3.05) is 6.54 Å². The van der Waals surface area contributed by atoms with E-state index in [1.807, 2.05) is 6.92 Å². The fourth-order valence-electron chi connectivity index (χ4n) is 3.15. The molecule has 0 heterocycles. The molecule has 3 nitrogen and oxygen atoms in total. The van der Waals surface area contributed by atoms with Gasteiger partial charge in [-0.3, -0.25) is 4.79 Å². The summed E-state index contributed by atoms with van der Waals surface area (Å²) in [5.41, 5.74) is 1.68. The van der Waals surface area contributed by atoms with Crippen molar-refractivity contribution in [2.45, 2.75) is 51.4 Å². The number of carboxylic acid groups (broad SMARTS) is 1. The maximum Gasteiger partial charge on any atom is 0.417 e. The standard InChI is InChI=1S/C18H23F6NO2/c1-2-11(9-13(10-25)16(26)27)5-3-6-12-7-4-8-14(17(19,20)21)15(12)18(22,23)24/h4,7-8,11,13H,2-3,5-6,9-10,25H2,1H3,(H,26,27). The summed E-state index contributed by atoms with van der Waals surface area (Å²) in [6.45, 7) is 1.78. The molecule has 0 saturated carbocycles. The van der Waals surface area contributed by atoms with Gasteiger partial charge in [0.1, 0.15) is 0 Å². The van der Waals surface area contributed by atoms with Gasteiger partial charge in [-0.15, -0.1) is 0 Å². The minimum atomic E-state index is -5.11. The van der Waals surface area contributed by atoms with Crippen LogP contribution in [0.5, 0.6) is 0 Å². The molecule has 9 heteroatoms. The van der Waals surface area contributed by atoms with Crippen molar-refractivity contribution in [2.24, 2.45) is 17.6 Å². The molecule has 0 radical (unpaired) electrons. The molecule has 2 atom stereocenters. The van der Waals surface area contributed by atoms with Gasteiger partial charge in [0.25, 0.3) is 0 Å². The average Bonchev–Trinajstić information content (AvgIpc) is 2.55. The zero-order valence-electron chi connectivity index (χ0n) is 14.8. The predicted molar refractivity (Wildman–Crippen MR) is 88.0 cm³/mol. The van der Waals surface area contributed by atoms with E-state index in [1.54, 1.807) is 0 Å². The Balaban J connectivity index is 2.92. The lowest BCUT2D eigenvalue weighted by atomic mass is 9.87. The molecule has 1 rings (SSSR count). The second kappa shape index (κ2) is 9.43. The third-order valence-electron chi connectivity index (χ3n) is 4.63. The third kappa shape index (κ3) is 6.71. The van der Waals surface area contributed by atoms with Crippen molar-refractivity contribution in [3.8, 4) is 0 Å². The van der Waals surface area contributed by atoms with Crippen LogP contribution < -0.4 is 5.73 Å².